The van der Waals surface area contributed by atoms with Gasteiger partial charge in [0.2, 0.25) is 0 Å². The summed E-state index contributed by atoms with van der Waals surface area (Å²) in [5.74, 6) is 0.634. The van der Waals surface area contributed by atoms with Crippen molar-refractivity contribution < 1.29 is 5.02 Å². The number of halogens is 1. The first-order valence-corrected chi connectivity index (χ1v) is 9.75. The Morgan fingerprint density at radius 3 is 2.96 bits per heavy atom. The quantitative estimate of drug-likeness (QED) is 0.451. The normalized spacial score (nSPS) is 28.5. The zero-order valence-corrected chi connectivity index (χ0v) is 15.3. The molecule has 3 rings (SSSR count). The molecular weight excluding hydrogens is 351 g/mol. The smallest absolute Gasteiger partial charge is 0.376 e. The number of hydrogen-bond acceptors (Lipinski definition) is 3. The van der Waals surface area contributed by atoms with Gasteiger partial charge in [-0.1, -0.05) is 28.1 Å². The summed E-state index contributed by atoms with van der Waals surface area (Å²) < 4.78 is 0. The molecule has 0 heterocycles. The lowest BCUT2D eigenvalue weighted by Gasteiger charge is -2.31. The minimum Gasteiger partial charge on any atom is -0.437 e. The summed E-state index contributed by atoms with van der Waals surface area (Å²) >= 11 is 3.49. The standard InChI is InChI=1S/C18H24BBrN2O/c1-19(23)22(10-3-2-9-20)17-7-8-18(12-16(17)18)15-6-4-5-14(11-15)13-21/h4-6,11,16-17,23H,2-3,7-10,12H2,1H3/t16-,17?,18-/m1/s1. The summed E-state index contributed by atoms with van der Waals surface area (Å²) in [4.78, 5) is 2.30. The van der Waals surface area contributed by atoms with E-state index in [1.54, 1.807) is 0 Å². The lowest BCUT2D eigenvalue weighted by molar-refractivity contribution is 0.261. The Morgan fingerprint density at radius 1 is 1.48 bits per heavy atom. The van der Waals surface area contributed by atoms with Crippen molar-refractivity contribution in [3.63, 3.8) is 0 Å². The highest BCUT2D eigenvalue weighted by Gasteiger charge is 2.63. The summed E-state index contributed by atoms with van der Waals surface area (Å²) in [6, 6.07) is 10.9. The van der Waals surface area contributed by atoms with E-state index in [1.165, 1.54) is 18.4 Å². The second-order valence-corrected chi connectivity index (χ2v) is 7.82. The van der Waals surface area contributed by atoms with Crippen LogP contribution in [-0.2, 0) is 5.41 Å². The topological polar surface area (TPSA) is 47.3 Å². The Morgan fingerprint density at radius 2 is 2.30 bits per heavy atom. The van der Waals surface area contributed by atoms with Gasteiger partial charge in [0.05, 0.1) is 11.6 Å². The summed E-state index contributed by atoms with van der Waals surface area (Å²) in [5.41, 5.74) is 2.35. The summed E-state index contributed by atoms with van der Waals surface area (Å²) in [7, 11) is -0.378. The van der Waals surface area contributed by atoms with E-state index in [2.05, 4.69) is 38.9 Å². The van der Waals surface area contributed by atoms with Gasteiger partial charge in [-0.05, 0) is 69.1 Å². The van der Waals surface area contributed by atoms with Gasteiger partial charge < -0.3 is 9.83 Å². The van der Waals surface area contributed by atoms with E-state index < -0.39 is 0 Å². The summed E-state index contributed by atoms with van der Waals surface area (Å²) in [5, 5.41) is 20.4. The Kier molecular flexibility index (Phi) is 5.15. The van der Waals surface area contributed by atoms with Crippen LogP contribution in [0.5, 0.6) is 0 Å². The molecule has 1 unspecified atom stereocenters. The van der Waals surface area contributed by atoms with Gasteiger partial charge in [-0.3, -0.25) is 0 Å². The molecule has 2 aliphatic carbocycles. The Bertz CT molecular complexity index is 603. The molecule has 2 saturated carbocycles. The highest BCUT2D eigenvalue weighted by molar-refractivity contribution is 9.09. The van der Waals surface area contributed by atoms with E-state index in [4.69, 9.17) is 5.26 Å². The molecule has 1 aromatic rings. The third-order valence-corrected chi connectivity index (χ3v) is 6.32. The van der Waals surface area contributed by atoms with Crippen LogP contribution in [-0.4, -0.2) is 34.8 Å². The molecule has 5 heteroatoms. The van der Waals surface area contributed by atoms with Crippen molar-refractivity contribution in [2.45, 2.75) is 50.4 Å². The van der Waals surface area contributed by atoms with Gasteiger partial charge in [0, 0.05) is 16.8 Å². The summed E-state index contributed by atoms with van der Waals surface area (Å²) in [6.07, 6.45) is 5.81. The Labute approximate surface area is 147 Å². The van der Waals surface area contributed by atoms with Gasteiger partial charge in [0.15, 0.2) is 0 Å². The molecule has 0 spiro atoms. The van der Waals surface area contributed by atoms with Crippen LogP contribution >= 0.6 is 15.9 Å². The Balaban J connectivity index is 1.73. The van der Waals surface area contributed by atoms with Crippen molar-refractivity contribution in [1.29, 1.82) is 5.26 Å². The lowest BCUT2D eigenvalue weighted by Crippen LogP contribution is -2.46. The largest absolute Gasteiger partial charge is 0.437 e. The molecular formula is C18H24BBrN2O. The second-order valence-electron chi connectivity index (χ2n) is 7.03. The minimum absolute atomic E-state index is 0.264. The van der Waals surface area contributed by atoms with Crippen LogP contribution in [0.2, 0.25) is 6.82 Å². The van der Waals surface area contributed by atoms with Crippen molar-refractivity contribution in [3.8, 4) is 6.07 Å². The molecule has 0 aliphatic heterocycles. The monoisotopic (exact) mass is 374 g/mol. The molecule has 3 atom stereocenters. The van der Waals surface area contributed by atoms with Crippen molar-refractivity contribution in [2.75, 3.05) is 11.9 Å². The van der Waals surface area contributed by atoms with Gasteiger partial charge in [-0.2, -0.15) is 5.26 Å². The molecule has 23 heavy (non-hydrogen) atoms. The average molecular weight is 375 g/mol. The predicted octanol–water partition coefficient (Wildman–Crippen LogP) is 3.57. The number of nitrogens with zero attached hydrogens (tertiary/aromatic N) is 2. The molecule has 0 radical (unpaired) electrons. The molecule has 2 fully saturated rings. The highest BCUT2D eigenvalue weighted by atomic mass is 79.9. The third-order valence-electron chi connectivity index (χ3n) is 5.76. The van der Waals surface area contributed by atoms with Crippen LogP contribution < -0.4 is 0 Å². The van der Waals surface area contributed by atoms with Crippen LogP contribution in [0.3, 0.4) is 0 Å². The van der Waals surface area contributed by atoms with Crippen molar-refractivity contribution in [1.82, 2.24) is 4.81 Å². The highest BCUT2D eigenvalue weighted by Crippen LogP contribution is 2.65. The first kappa shape index (κ1) is 17.0. The fourth-order valence-corrected chi connectivity index (χ4v) is 4.92. The molecule has 1 aromatic carbocycles. The first-order valence-electron chi connectivity index (χ1n) is 8.63. The maximum absolute atomic E-state index is 10.2. The fourth-order valence-electron chi connectivity index (χ4n) is 4.52. The molecule has 122 valence electrons. The second kappa shape index (κ2) is 6.97. The van der Waals surface area contributed by atoms with Crippen LogP contribution in [0.25, 0.3) is 0 Å². The van der Waals surface area contributed by atoms with E-state index in [-0.39, 0.29) is 12.5 Å². The number of hydrogen-bond donors (Lipinski definition) is 1. The first-order chi connectivity index (χ1) is 11.1. The molecule has 0 bridgehead atoms. The van der Waals surface area contributed by atoms with Gasteiger partial charge in [-0.25, -0.2) is 0 Å². The maximum atomic E-state index is 10.2. The van der Waals surface area contributed by atoms with Crippen LogP contribution in [0.15, 0.2) is 24.3 Å². The van der Waals surface area contributed by atoms with E-state index in [0.717, 1.165) is 36.7 Å². The zero-order chi connectivity index (χ0) is 16.4. The number of fused-ring (bicyclic) bond motifs is 1. The van der Waals surface area contributed by atoms with E-state index in [0.29, 0.717) is 12.0 Å². The van der Waals surface area contributed by atoms with Crippen molar-refractivity contribution in [2.24, 2.45) is 5.92 Å². The van der Waals surface area contributed by atoms with Gasteiger partial charge >= 0.3 is 7.05 Å². The van der Waals surface area contributed by atoms with Gasteiger partial charge in [-0.15, -0.1) is 0 Å². The SMILES string of the molecule is CB(O)N(CCCCBr)C1CC[C@]2(c3cccc(C#N)c3)C[C@H]12. The molecule has 2 aliphatic rings. The lowest BCUT2D eigenvalue weighted by atomic mass is 9.81. The molecule has 0 amide bonds. The average Bonchev–Trinajstić information content (AvgIpc) is 3.19. The van der Waals surface area contributed by atoms with Crippen LogP contribution in [0.4, 0.5) is 0 Å². The molecule has 0 aromatic heterocycles. The van der Waals surface area contributed by atoms with Crippen molar-refractivity contribution in [3.05, 3.63) is 35.4 Å². The number of rotatable bonds is 7. The van der Waals surface area contributed by atoms with E-state index in [9.17, 15) is 5.02 Å². The maximum Gasteiger partial charge on any atom is 0.376 e. The molecule has 1 N–H and O–H groups in total. The van der Waals surface area contributed by atoms with Gasteiger partial charge in [0.1, 0.15) is 0 Å². The van der Waals surface area contributed by atoms with E-state index >= 15 is 0 Å². The zero-order valence-electron chi connectivity index (χ0n) is 13.7. The number of benzene rings is 1. The van der Waals surface area contributed by atoms with Crippen molar-refractivity contribution >= 4 is 23.0 Å². The van der Waals surface area contributed by atoms with Gasteiger partial charge in [0.25, 0.3) is 0 Å². The number of nitriles is 1. The fraction of sp³-hybridized carbons (Fsp3) is 0.611. The minimum atomic E-state index is -0.378. The molecule has 0 saturated heterocycles. The van der Waals surface area contributed by atoms with E-state index in [1.807, 2.05) is 19.0 Å². The molecule has 3 nitrogen and oxygen atoms in total. The summed E-state index contributed by atoms with van der Waals surface area (Å²) in [6.45, 7) is 2.87. The third kappa shape index (κ3) is 3.22. The predicted molar refractivity (Wildman–Crippen MR) is 97.5 cm³/mol. The van der Waals surface area contributed by atoms with Crippen LogP contribution in [0, 0.1) is 17.2 Å². The van der Waals surface area contributed by atoms with Crippen LogP contribution in [0.1, 0.15) is 43.2 Å². The number of alkyl halides is 1. The Hall–Kier alpha value is -0.825. The number of unbranched alkanes of at least 4 members (excludes halogenated alkanes) is 1.